The van der Waals surface area contributed by atoms with Crippen LogP contribution in [0.4, 0.5) is 16.4 Å². The number of likely N-dealkylation sites (tertiary alicyclic amines) is 1. The lowest BCUT2D eigenvalue weighted by Gasteiger charge is -2.22. The fraction of sp³-hybridized carbons (Fsp3) is 0.500. The predicted molar refractivity (Wildman–Crippen MR) is 70.4 cm³/mol. The van der Waals surface area contributed by atoms with Gasteiger partial charge in [0.1, 0.15) is 4.60 Å². The number of carbonyl (C=O) groups is 1. The molecular weight excluding hydrogens is 302 g/mol. The second kappa shape index (κ2) is 5.38. The van der Waals surface area contributed by atoms with Gasteiger partial charge in [-0.3, -0.25) is 0 Å². The molecule has 1 amide bonds. The molecule has 1 saturated heterocycles. The van der Waals surface area contributed by atoms with E-state index in [-0.39, 0.29) is 6.04 Å². The normalized spacial score (nSPS) is 18.9. The van der Waals surface area contributed by atoms with Gasteiger partial charge in [-0.1, -0.05) is 0 Å². The minimum Gasteiger partial charge on any atom is -0.465 e. The van der Waals surface area contributed by atoms with Crippen molar-refractivity contribution in [3.8, 4) is 0 Å². The van der Waals surface area contributed by atoms with Gasteiger partial charge in [0.2, 0.25) is 0 Å². The van der Waals surface area contributed by atoms with Crippen LogP contribution < -0.4 is 11.1 Å². The van der Waals surface area contributed by atoms with E-state index in [1.54, 1.807) is 0 Å². The molecule has 0 radical (unpaired) electrons. The Morgan fingerprint density at radius 3 is 3.22 bits per heavy atom. The molecular formula is C10H14BrN5O2. The molecule has 2 rings (SSSR count). The molecule has 8 heteroatoms. The lowest BCUT2D eigenvalue weighted by molar-refractivity contribution is 0.142. The number of halogens is 1. The zero-order valence-corrected chi connectivity index (χ0v) is 11.2. The average molecular weight is 316 g/mol. The van der Waals surface area contributed by atoms with Crippen LogP contribution in [-0.4, -0.2) is 45.2 Å². The molecule has 0 saturated carbocycles. The van der Waals surface area contributed by atoms with E-state index in [0.29, 0.717) is 29.3 Å². The summed E-state index contributed by atoms with van der Waals surface area (Å²) in [6, 6.07) is -0.0392. The zero-order valence-electron chi connectivity index (χ0n) is 9.64. The highest BCUT2D eigenvalue weighted by Crippen LogP contribution is 2.20. The lowest BCUT2D eigenvalue weighted by atomic mass is 10.2. The molecule has 1 aromatic rings. The number of anilines is 2. The van der Waals surface area contributed by atoms with E-state index in [9.17, 15) is 4.79 Å². The van der Waals surface area contributed by atoms with Crippen molar-refractivity contribution in [2.75, 3.05) is 24.1 Å². The third-order valence-electron chi connectivity index (χ3n) is 2.90. The molecule has 0 aromatic carbocycles. The Bertz CT molecular complexity index is 456. The Hall–Kier alpha value is -1.57. The summed E-state index contributed by atoms with van der Waals surface area (Å²) in [4.78, 5) is 20.5. The number of hydrogen-bond donors (Lipinski definition) is 3. The van der Waals surface area contributed by atoms with Gasteiger partial charge in [-0.25, -0.2) is 14.8 Å². The van der Waals surface area contributed by atoms with Gasteiger partial charge in [-0.2, -0.15) is 0 Å². The molecule has 1 aliphatic rings. The highest BCUT2D eigenvalue weighted by molar-refractivity contribution is 9.10. The van der Waals surface area contributed by atoms with Crippen LogP contribution in [0.25, 0.3) is 0 Å². The van der Waals surface area contributed by atoms with Gasteiger partial charge in [-0.05, 0) is 28.8 Å². The van der Waals surface area contributed by atoms with Crippen LogP contribution in [0.5, 0.6) is 0 Å². The van der Waals surface area contributed by atoms with E-state index >= 15 is 0 Å². The topological polar surface area (TPSA) is 104 Å². The molecule has 0 aliphatic carbocycles. The summed E-state index contributed by atoms with van der Waals surface area (Å²) < 4.78 is 0.584. The van der Waals surface area contributed by atoms with E-state index in [0.717, 1.165) is 12.8 Å². The molecule has 1 aliphatic heterocycles. The van der Waals surface area contributed by atoms with Crippen molar-refractivity contribution in [1.29, 1.82) is 0 Å². The highest BCUT2D eigenvalue weighted by atomic mass is 79.9. The maximum Gasteiger partial charge on any atom is 0.407 e. The third-order valence-corrected chi connectivity index (χ3v) is 3.28. The van der Waals surface area contributed by atoms with Crippen molar-refractivity contribution in [2.24, 2.45) is 0 Å². The van der Waals surface area contributed by atoms with Gasteiger partial charge in [0.05, 0.1) is 12.2 Å². The molecule has 7 nitrogen and oxygen atoms in total. The van der Waals surface area contributed by atoms with Crippen molar-refractivity contribution < 1.29 is 9.90 Å². The molecule has 1 aromatic heterocycles. The Kier molecular flexibility index (Phi) is 3.85. The first-order valence-electron chi connectivity index (χ1n) is 5.59. The van der Waals surface area contributed by atoms with Crippen molar-refractivity contribution >= 4 is 33.7 Å². The second-order valence-corrected chi connectivity index (χ2v) is 4.89. The van der Waals surface area contributed by atoms with Crippen molar-refractivity contribution in [1.82, 2.24) is 14.9 Å². The molecule has 18 heavy (non-hydrogen) atoms. The maximum atomic E-state index is 11.0. The lowest BCUT2D eigenvalue weighted by Crippen LogP contribution is -2.38. The van der Waals surface area contributed by atoms with E-state index in [4.69, 9.17) is 10.8 Å². The summed E-state index contributed by atoms with van der Waals surface area (Å²) >= 11 is 3.21. The molecule has 4 N–H and O–H groups in total. The largest absolute Gasteiger partial charge is 0.465 e. The van der Waals surface area contributed by atoms with Crippen molar-refractivity contribution in [3.63, 3.8) is 0 Å². The Morgan fingerprint density at radius 1 is 1.72 bits per heavy atom. The van der Waals surface area contributed by atoms with E-state index in [2.05, 4.69) is 31.2 Å². The van der Waals surface area contributed by atoms with Crippen LogP contribution in [0.1, 0.15) is 12.8 Å². The monoisotopic (exact) mass is 315 g/mol. The molecule has 1 unspecified atom stereocenters. The van der Waals surface area contributed by atoms with Gasteiger partial charge >= 0.3 is 6.09 Å². The van der Waals surface area contributed by atoms with Crippen LogP contribution >= 0.6 is 15.9 Å². The van der Waals surface area contributed by atoms with Gasteiger partial charge in [0.15, 0.2) is 11.6 Å². The quantitative estimate of drug-likeness (QED) is 0.778. The van der Waals surface area contributed by atoms with Crippen LogP contribution in [0.3, 0.4) is 0 Å². The van der Waals surface area contributed by atoms with Crippen LogP contribution in [0.15, 0.2) is 10.8 Å². The van der Waals surface area contributed by atoms with E-state index < -0.39 is 6.09 Å². The van der Waals surface area contributed by atoms with Gasteiger partial charge < -0.3 is 21.1 Å². The SMILES string of the molecule is Nc1ncc(Br)nc1NCC1CCCN1C(=O)O. The number of amides is 1. The third kappa shape index (κ3) is 2.81. The Balaban J connectivity index is 1.99. The number of nitrogens with zero attached hydrogens (tertiary/aromatic N) is 3. The fourth-order valence-electron chi connectivity index (χ4n) is 2.02. The summed E-state index contributed by atoms with van der Waals surface area (Å²) in [7, 11) is 0. The minimum absolute atomic E-state index is 0.0392. The molecule has 2 heterocycles. The molecule has 98 valence electrons. The number of carboxylic acid groups (broad SMARTS) is 1. The summed E-state index contributed by atoms with van der Waals surface area (Å²) in [5, 5.41) is 12.1. The smallest absolute Gasteiger partial charge is 0.407 e. The van der Waals surface area contributed by atoms with Crippen molar-refractivity contribution in [2.45, 2.75) is 18.9 Å². The molecule has 1 fully saturated rings. The van der Waals surface area contributed by atoms with E-state index in [1.165, 1.54) is 11.1 Å². The second-order valence-electron chi connectivity index (χ2n) is 4.08. The molecule has 0 bridgehead atoms. The van der Waals surface area contributed by atoms with Gasteiger partial charge in [0.25, 0.3) is 0 Å². The summed E-state index contributed by atoms with van der Waals surface area (Å²) in [6.07, 6.45) is 2.37. The molecule has 1 atom stereocenters. The highest BCUT2D eigenvalue weighted by Gasteiger charge is 2.28. The number of aromatic nitrogens is 2. The first-order valence-corrected chi connectivity index (χ1v) is 6.38. The first-order chi connectivity index (χ1) is 8.58. The number of hydrogen-bond acceptors (Lipinski definition) is 5. The molecule has 0 spiro atoms. The van der Waals surface area contributed by atoms with Crippen molar-refractivity contribution in [3.05, 3.63) is 10.8 Å². The summed E-state index contributed by atoms with van der Waals surface area (Å²) in [5.41, 5.74) is 5.68. The summed E-state index contributed by atoms with van der Waals surface area (Å²) in [6.45, 7) is 1.07. The average Bonchev–Trinajstić information content (AvgIpc) is 2.79. The van der Waals surface area contributed by atoms with Crippen LogP contribution in [0, 0.1) is 0 Å². The Labute approximate surface area is 113 Å². The number of nitrogens with two attached hydrogens (primary N) is 1. The van der Waals surface area contributed by atoms with E-state index in [1.807, 2.05) is 0 Å². The zero-order chi connectivity index (χ0) is 13.1. The maximum absolute atomic E-state index is 11.0. The number of rotatable bonds is 3. The minimum atomic E-state index is -0.882. The summed E-state index contributed by atoms with van der Waals surface area (Å²) in [5.74, 6) is 0.777. The number of nitrogens with one attached hydrogen (secondary N) is 1. The Morgan fingerprint density at radius 2 is 2.50 bits per heavy atom. The van der Waals surface area contributed by atoms with Crippen LogP contribution in [0.2, 0.25) is 0 Å². The van der Waals surface area contributed by atoms with Gasteiger partial charge in [0, 0.05) is 13.1 Å². The van der Waals surface area contributed by atoms with Gasteiger partial charge in [-0.15, -0.1) is 0 Å². The predicted octanol–water partition coefficient (Wildman–Crippen LogP) is 1.38. The van der Waals surface area contributed by atoms with Crippen LogP contribution in [-0.2, 0) is 0 Å². The number of nitrogen functional groups attached to an aromatic ring is 1. The standard InChI is InChI=1S/C10H14BrN5O2/c11-7-5-13-8(12)9(15-7)14-4-6-2-1-3-16(6)10(17)18/h5-6H,1-4H2,(H2,12,13)(H,14,15)(H,17,18). The fourth-order valence-corrected chi connectivity index (χ4v) is 2.30. The first kappa shape index (κ1) is 12.9.